The minimum Gasteiger partial charge on any atom is -0.486 e. The second kappa shape index (κ2) is 13.9. The molecular weight excluding hydrogens is 466 g/mol. The number of carbonyl (C=O) groups is 1. The van der Waals surface area contributed by atoms with E-state index in [1.165, 1.54) is 6.92 Å². The van der Waals surface area contributed by atoms with Gasteiger partial charge in [0, 0.05) is 24.2 Å². The van der Waals surface area contributed by atoms with E-state index in [-0.39, 0.29) is 12.6 Å². The fraction of sp³-hybridized carbons (Fsp3) is 0.226. The van der Waals surface area contributed by atoms with Crippen molar-refractivity contribution in [3.63, 3.8) is 0 Å². The third-order valence-corrected chi connectivity index (χ3v) is 5.67. The third kappa shape index (κ3) is 8.27. The monoisotopic (exact) mass is 497 g/mol. The molecule has 0 spiro atoms. The Bertz CT molecular complexity index is 1250. The second-order valence-corrected chi connectivity index (χ2v) is 8.55. The number of nitrogens with zero attached hydrogens (tertiary/aromatic N) is 1. The summed E-state index contributed by atoms with van der Waals surface area (Å²) in [7, 11) is 0. The zero-order chi connectivity index (χ0) is 25.7. The standard InChI is InChI=1S/C31H31NO5/c1-24(33)36-23-30-31(37-20-27-15-9-4-10-16-27)29(22-35-19-26-13-7-3-8-14-26)28(17-32-30)21-34-18-25-11-5-2-6-12-25/h2-17H,18-23H2,1H3. The Balaban J connectivity index is 1.58. The zero-order valence-electron chi connectivity index (χ0n) is 21.0. The molecule has 0 radical (unpaired) electrons. The van der Waals surface area contributed by atoms with E-state index >= 15 is 0 Å². The Morgan fingerprint density at radius 2 is 1.16 bits per heavy atom. The van der Waals surface area contributed by atoms with E-state index in [4.69, 9.17) is 18.9 Å². The van der Waals surface area contributed by atoms with Crippen molar-refractivity contribution < 1.29 is 23.7 Å². The molecule has 0 amide bonds. The number of aromatic nitrogens is 1. The Labute approximate surface area is 217 Å². The molecular formula is C31H31NO5. The van der Waals surface area contributed by atoms with Gasteiger partial charge in [0.05, 0.1) is 26.4 Å². The van der Waals surface area contributed by atoms with Crippen LogP contribution in [0.15, 0.2) is 97.2 Å². The highest BCUT2D eigenvalue weighted by Crippen LogP contribution is 2.29. The first-order valence-electron chi connectivity index (χ1n) is 12.2. The van der Waals surface area contributed by atoms with Gasteiger partial charge in [0.25, 0.3) is 0 Å². The van der Waals surface area contributed by atoms with Crippen molar-refractivity contribution in [1.29, 1.82) is 0 Å². The van der Waals surface area contributed by atoms with Crippen molar-refractivity contribution >= 4 is 5.97 Å². The molecule has 0 atom stereocenters. The van der Waals surface area contributed by atoms with Gasteiger partial charge in [-0.2, -0.15) is 0 Å². The molecule has 6 heteroatoms. The van der Waals surface area contributed by atoms with E-state index in [1.807, 2.05) is 91.0 Å². The molecule has 4 aromatic rings. The zero-order valence-corrected chi connectivity index (χ0v) is 21.0. The number of esters is 1. The lowest BCUT2D eigenvalue weighted by molar-refractivity contribution is -0.142. The molecule has 0 bridgehead atoms. The number of carbonyl (C=O) groups excluding carboxylic acids is 1. The van der Waals surface area contributed by atoms with Crippen molar-refractivity contribution in [2.24, 2.45) is 0 Å². The quantitative estimate of drug-likeness (QED) is 0.206. The molecule has 3 aromatic carbocycles. The van der Waals surface area contributed by atoms with E-state index in [0.717, 1.165) is 27.8 Å². The molecule has 0 unspecified atom stereocenters. The van der Waals surface area contributed by atoms with Crippen molar-refractivity contribution in [3.8, 4) is 5.75 Å². The number of rotatable bonds is 13. The Morgan fingerprint density at radius 1 is 0.649 bits per heavy atom. The van der Waals surface area contributed by atoms with Crippen LogP contribution in [0.1, 0.15) is 40.4 Å². The number of hydrogen-bond acceptors (Lipinski definition) is 6. The summed E-state index contributed by atoms with van der Waals surface area (Å²) < 4.78 is 23.7. The molecule has 37 heavy (non-hydrogen) atoms. The van der Waals surface area contributed by atoms with Gasteiger partial charge >= 0.3 is 5.97 Å². The Morgan fingerprint density at radius 3 is 1.70 bits per heavy atom. The van der Waals surface area contributed by atoms with Gasteiger partial charge < -0.3 is 18.9 Å². The first-order chi connectivity index (χ1) is 18.2. The van der Waals surface area contributed by atoms with E-state index in [2.05, 4.69) is 4.98 Å². The fourth-order valence-corrected chi connectivity index (χ4v) is 3.77. The smallest absolute Gasteiger partial charge is 0.303 e. The van der Waals surface area contributed by atoms with Crippen LogP contribution >= 0.6 is 0 Å². The molecule has 6 nitrogen and oxygen atoms in total. The highest BCUT2D eigenvalue weighted by atomic mass is 16.5. The average molecular weight is 498 g/mol. The summed E-state index contributed by atoms with van der Waals surface area (Å²) in [5.74, 6) is 0.173. The minimum absolute atomic E-state index is 0.0102. The average Bonchev–Trinajstić information content (AvgIpc) is 2.93. The van der Waals surface area contributed by atoms with Crippen LogP contribution in [-0.4, -0.2) is 11.0 Å². The molecule has 1 aromatic heterocycles. The van der Waals surface area contributed by atoms with Crippen LogP contribution in [0.4, 0.5) is 0 Å². The van der Waals surface area contributed by atoms with Crippen molar-refractivity contribution in [2.75, 3.05) is 0 Å². The molecule has 0 saturated carbocycles. The fourth-order valence-electron chi connectivity index (χ4n) is 3.77. The van der Waals surface area contributed by atoms with Gasteiger partial charge in [-0.1, -0.05) is 91.0 Å². The van der Waals surface area contributed by atoms with Crippen molar-refractivity contribution in [3.05, 3.63) is 131 Å². The Kier molecular flexibility index (Phi) is 9.81. The molecule has 0 aliphatic rings. The molecule has 190 valence electrons. The van der Waals surface area contributed by atoms with Crippen LogP contribution in [-0.2, 0) is 58.6 Å². The lowest BCUT2D eigenvalue weighted by Crippen LogP contribution is -2.11. The summed E-state index contributed by atoms with van der Waals surface area (Å²) in [4.78, 5) is 16.1. The Hall–Kier alpha value is -4.00. The van der Waals surface area contributed by atoms with E-state index in [1.54, 1.807) is 6.20 Å². The first-order valence-corrected chi connectivity index (χ1v) is 12.2. The van der Waals surface area contributed by atoms with E-state index in [0.29, 0.717) is 44.5 Å². The minimum atomic E-state index is -0.382. The summed E-state index contributed by atoms with van der Waals surface area (Å²) in [5, 5.41) is 0. The van der Waals surface area contributed by atoms with E-state index < -0.39 is 0 Å². The molecule has 0 aliphatic carbocycles. The summed E-state index contributed by atoms with van der Waals surface area (Å²) in [6.45, 7) is 3.28. The van der Waals surface area contributed by atoms with Gasteiger partial charge in [0.1, 0.15) is 18.9 Å². The van der Waals surface area contributed by atoms with Crippen LogP contribution in [0.5, 0.6) is 5.75 Å². The van der Waals surface area contributed by atoms with Gasteiger partial charge in [-0.3, -0.25) is 9.78 Å². The number of benzene rings is 3. The van der Waals surface area contributed by atoms with Crippen LogP contribution in [0.25, 0.3) is 0 Å². The highest BCUT2D eigenvalue weighted by molar-refractivity contribution is 5.66. The predicted molar refractivity (Wildman–Crippen MR) is 140 cm³/mol. The SMILES string of the molecule is CC(=O)OCc1ncc(COCc2ccccc2)c(COCc2ccccc2)c1OCc1ccccc1. The molecule has 0 fully saturated rings. The van der Waals surface area contributed by atoms with Crippen molar-refractivity contribution in [2.45, 2.75) is 46.6 Å². The third-order valence-electron chi connectivity index (χ3n) is 5.67. The van der Waals surface area contributed by atoms with Gasteiger partial charge in [-0.05, 0) is 16.7 Å². The van der Waals surface area contributed by atoms with Crippen LogP contribution in [0.3, 0.4) is 0 Å². The maximum Gasteiger partial charge on any atom is 0.303 e. The molecule has 1 heterocycles. The molecule has 4 rings (SSSR count). The largest absolute Gasteiger partial charge is 0.486 e. The van der Waals surface area contributed by atoms with Crippen LogP contribution in [0, 0.1) is 0 Å². The summed E-state index contributed by atoms with van der Waals surface area (Å²) in [5.41, 5.74) is 5.41. The van der Waals surface area contributed by atoms with Gasteiger partial charge in [0.2, 0.25) is 0 Å². The van der Waals surface area contributed by atoms with Crippen LogP contribution < -0.4 is 4.74 Å². The normalized spacial score (nSPS) is 10.7. The molecule has 0 saturated heterocycles. The van der Waals surface area contributed by atoms with Crippen molar-refractivity contribution in [1.82, 2.24) is 4.98 Å². The van der Waals surface area contributed by atoms with Gasteiger partial charge in [-0.15, -0.1) is 0 Å². The molecule has 0 aliphatic heterocycles. The lowest BCUT2D eigenvalue weighted by atomic mass is 10.1. The lowest BCUT2D eigenvalue weighted by Gasteiger charge is -2.19. The highest BCUT2D eigenvalue weighted by Gasteiger charge is 2.18. The van der Waals surface area contributed by atoms with Gasteiger partial charge in [-0.25, -0.2) is 0 Å². The number of pyridine rings is 1. The van der Waals surface area contributed by atoms with Gasteiger partial charge in [0.15, 0.2) is 5.75 Å². The summed E-state index contributed by atoms with van der Waals surface area (Å²) >= 11 is 0. The predicted octanol–water partition coefficient (Wildman–Crippen LogP) is 6.16. The maximum atomic E-state index is 11.5. The topological polar surface area (TPSA) is 66.9 Å². The number of hydrogen-bond donors (Lipinski definition) is 0. The van der Waals surface area contributed by atoms with Crippen LogP contribution in [0.2, 0.25) is 0 Å². The first kappa shape index (κ1) is 26.1. The van der Waals surface area contributed by atoms with E-state index in [9.17, 15) is 4.79 Å². The second-order valence-electron chi connectivity index (χ2n) is 8.55. The summed E-state index contributed by atoms with van der Waals surface area (Å²) in [6, 6.07) is 29.9. The maximum absolute atomic E-state index is 11.5. The molecule has 0 N–H and O–H groups in total. The summed E-state index contributed by atoms with van der Waals surface area (Å²) in [6.07, 6.45) is 1.75. The number of ether oxygens (including phenoxy) is 4.